The highest BCUT2D eigenvalue weighted by Crippen LogP contribution is 2.17. The minimum Gasteiger partial charge on any atom is -0.381 e. The second-order valence-electron chi connectivity index (χ2n) is 6.79. The van der Waals surface area contributed by atoms with Crippen LogP contribution in [0.4, 0.5) is 10.5 Å². The van der Waals surface area contributed by atoms with E-state index in [2.05, 4.69) is 10.2 Å². The number of aryl methyl sites for hydroxylation is 1. The molecule has 2 heterocycles. The molecular formula is C19H29N3O3. The Kier molecular flexibility index (Phi) is 6.67. The van der Waals surface area contributed by atoms with Crippen molar-refractivity contribution in [3.05, 3.63) is 29.8 Å². The lowest BCUT2D eigenvalue weighted by Gasteiger charge is -2.36. The van der Waals surface area contributed by atoms with E-state index in [9.17, 15) is 4.79 Å². The lowest BCUT2D eigenvalue weighted by molar-refractivity contribution is 0.0238. The molecule has 0 radical (unpaired) electrons. The molecule has 0 aliphatic carbocycles. The number of morpholine rings is 1. The van der Waals surface area contributed by atoms with Gasteiger partial charge in [0.1, 0.15) is 0 Å². The van der Waals surface area contributed by atoms with E-state index in [1.54, 1.807) is 0 Å². The van der Waals surface area contributed by atoms with Crippen LogP contribution in [0.5, 0.6) is 0 Å². The summed E-state index contributed by atoms with van der Waals surface area (Å²) in [5, 5.41) is 3.07. The molecule has 1 aromatic rings. The van der Waals surface area contributed by atoms with Gasteiger partial charge in [0.25, 0.3) is 0 Å². The maximum Gasteiger partial charge on any atom is 0.322 e. The number of hydrogen-bond acceptors (Lipinski definition) is 4. The number of urea groups is 1. The van der Waals surface area contributed by atoms with Crippen molar-refractivity contribution in [3.8, 4) is 0 Å². The number of anilines is 1. The van der Waals surface area contributed by atoms with Crippen LogP contribution in [-0.4, -0.2) is 74.5 Å². The van der Waals surface area contributed by atoms with E-state index >= 15 is 0 Å². The maximum atomic E-state index is 12.9. The van der Waals surface area contributed by atoms with Gasteiger partial charge >= 0.3 is 6.03 Å². The van der Waals surface area contributed by atoms with Gasteiger partial charge in [-0.15, -0.1) is 0 Å². The van der Waals surface area contributed by atoms with Gasteiger partial charge in [-0.1, -0.05) is 12.1 Å². The van der Waals surface area contributed by atoms with Crippen molar-refractivity contribution < 1.29 is 14.3 Å². The lowest BCUT2D eigenvalue weighted by atomic mass is 10.1. The summed E-state index contributed by atoms with van der Waals surface area (Å²) in [6, 6.07) is 8.18. The van der Waals surface area contributed by atoms with Gasteiger partial charge in [-0.25, -0.2) is 4.79 Å². The summed E-state index contributed by atoms with van der Waals surface area (Å²) in [6.07, 6.45) is 1.81. The second kappa shape index (κ2) is 9.17. The average Bonchev–Trinajstić information content (AvgIpc) is 2.64. The van der Waals surface area contributed by atoms with Crippen molar-refractivity contribution in [2.75, 3.05) is 57.9 Å². The number of nitrogens with one attached hydrogen (secondary N) is 1. The van der Waals surface area contributed by atoms with Crippen molar-refractivity contribution in [2.24, 2.45) is 0 Å². The predicted molar refractivity (Wildman–Crippen MR) is 98.0 cm³/mol. The third-order valence-electron chi connectivity index (χ3n) is 4.92. The highest BCUT2D eigenvalue weighted by Gasteiger charge is 2.26. The fourth-order valence-corrected chi connectivity index (χ4v) is 3.44. The number of nitrogens with zero attached hydrogens (tertiary/aromatic N) is 2. The van der Waals surface area contributed by atoms with Gasteiger partial charge in [0.05, 0.1) is 13.2 Å². The molecule has 6 heteroatoms. The number of hydrogen-bond donors (Lipinski definition) is 1. The highest BCUT2D eigenvalue weighted by atomic mass is 16.5. The van der Waals surface area contributed by atoms with Crippen LogP contribution in [0.25, 0.3) is 0 Å². The van der Waals surface area contributed by atoms with E-state index in [-0.39, 0.29) is 12.1 Å². The van der Waals surface area contributed by atoms with Crippen LogP contribution in [0, 0.1) is 6.92 Å². The molecule has 0 spiro atoms. The molecule has 25 heavy (non-hydrogen) atoms. The van der Waals surface area contributed by atoms with E-state index in [0.717, 1.165) is 76.7 Å². The number of benzene rings is 1. The molecule has 0 bridgehead atoms. The largest absolute Gasteiger partial charge is 0.381 e. The normalized spacial score (nSPS) is 19.6. The summed E-state index contributed by atoms with van der Waals surface area (Å²) in [4.78, 5) is 17.3. The van der Waals surface area contributed by atoms with Crippen LogP contribution < -0.4 is 5.32 Å². The third-order valence-corrected chi connectivity index (χ3v) is 4.92. The summed E-state index contributed by atoms with van der Waals surface area (Å²) in [6.45, 7) is 8.59. The van der Waals surface area contributed by atoms with Crippen LogP contribution in [0.2, 0.25) is 0 Å². The molecule has 0 saturated carbocycles. The molecule has 1 N–H and O–H groups in total. The average molecular weight is 347 g/mol. The van der Waals surface area contributed by atoms with Gasteiger partial charge in [0, 0.05) is 51.1 Å². The molecule has 0 atom stereocenters. The Morgan fingerprint density at radius 1 is 1.20 bits per heavy atom. The fraction of sp³-hybridized carbons (Fsp3) is 0.632. The van der Waals surface area contributed by atoms with Gasteiger partial charge in [-0.05, 0) is 37.5 Å². The Balaban J connectivity index is 1.62. The number of ether oxygens (including phenoxy) is 2. The SMILES string of the molecule is Cc1cccc(NC(=O)N(CCN2CCOCC2)C2CCOCC2)c1. The second-order valence-corrected chi connectivity index (χ2v) is 6.79. The first-order valence-corrected chi connectivity index (χ1v) is 9.24. The number of carbonyl (C=O) groups is 1. The van der Waals surface area contributed by atoms with Crippen molar-refractivity contribution in [3.63, 3.8) is 0 Å². The Morgan fingerprint density at radius 3 is 2.64 bits per heavy atom. The molecule has 2 amide bonds. The molecule has 3 rings (SSSR count). The van der Waals surface area contributed by atoms with Crippen molar-refractivity contribution in [1.82, 2.24) is 9.80 Å². The zero-order chi connectivity index (χ0) is 17.5. The Labute approximate surface area is 150 Å². The Bertz CT molecular complexity index is 555. The quantitative estimate of drug-likeness (QED) is 0.888. The summed E-state index contributed by atoms with van der Waals surface area (Å²) < 4.78 is 10.9. The first kappa shape index (κ1) is 18.2. The van der Waals surface area contributed by atoms with Gasteiger partial charge in [-0.3, -0.25) is 4.90 Å². The first-order valence-electron chi connectivity index (χ1n) is 9.24. The summed E-state index contributed by atoms with van der Waals surface area (Å²) >= 11 is 0. The zero-order valence-corrected chi connectivity index (χ0v) is 15.1. The van der Waals surface area contributed by atoms with Crippen LogP contribution in [0.1, 0.15) is 18.4 Å². The van der Waals surface area contributed by atoms with Crippen molar-refractivity contribution in [1.29, 1.82) is 0 Å². The Hall–Kier alpha value is -1.63. The van der Waals surface area contributed by atoms with E-state index < -0.39 is 0 Å². The van der Waals surface area contributed by atoms with Gasteiger partial charge in [-0.2, -0.15) is 0 Å². The van der Waals surface area contributed by atoms with Gasteiger partial charge in [0.15, 0.2) is 0 Å². The zero-order valence-electron chi connectivity index (χ0n) is 15.1. The molecule has 2 aliphatic rings. The van der Waals surface area contributed by atoms with E-state index in [0.29, 0.717) is 0 Å². The smallest absolute Gasteiger partial charge is 0.322 e. The summed E-state index contributed by atoms with van der Waals surface area (Å²) in [5.74, 6) is 0. The molecule has 2 fully saturated rings. The monoisotopic (exact) mass is 347 g/mol. The van der Waals surface area contributed by atoms with E-state index in [4.69, 9.17) is 9.47 Å². The van der Waals surface area contributed by atoms with Crippen molar-refractivity contribution >= 4 is 11.7 Å². The Morgan fingerprint density at radius 2 is 1.92 bits per heavy atom. The van der Waals surface area contributed by atoms with E-state index in [1.165, 1.54) is 0 Å². The van der Waals surface area contributed by atoms with Crippen LogP contribution >= 0.6 is 0 Å². The van der Waals surface area contributed by atoms with E-state index in [1.807, 2.05) is 36.1 Å². The van der Waals surface area contributed by atoms with Gasteiger partial charge < -0.3 is 19.7 Å². The molecule has 0 unspecified atom stereocenters. The fourth-order valence-electron chi connectivity index (χ4n) is 3.44. The molecule has 2 saturated heterocycles. The predicted octanol–water partition coefficient (Wildman–Crippen LogP) is 2.34. The van der Waals surface area contributed by atoms with Crippen LogP contribution in [0.3, 0.4) is 0 Å². The molecule has 1 aromatic carbocycles. The minimum atomic E-state index is -0.00856. The molecule has 6 nitrogen and oxygen atoms in total. The number of rotatable bonds is 5. The maximum absolute atomic E-state index is 12.9. The lowest BCUT2D eigenvalue weighted by Crippen LogP contribution is -2.49. The standard InChI is InChI=1S/C19H29N3O3/c1-16-3-2-4-17(15-16)20-19(23)22(18-5-11-24-12-6-18)8-7-21-9-13-25-14-10-21/h2-4,15,18H,5-14H2,1H3,(H,20,23). The summed E-state index contributed by atoms with van der Waals surface area (Å²) in [7, 11) is 0. The van der Waals surface area contributed by atoms with Crippen LogP contribution in [-0.2, 0) is 9.47 Å². The highest BCUT2D eigenvalue weighted by molar-refractivity contribution is 5.89. The number of amides is 2. The number of carbonyl (C=O) groups excluding carboxylic acids is 1. The first-order chi connectivity index (χ1) is 12.2. The van der Waals surface area contributed by atoms with Crippen LogP contribution in [0.15, 0.2) is 24.3 Å². The molecule has 2 aliphatic heterocycles. The molecule has 0 aromatic heterocycles. The summed E-state index contributed by atoms with van der Waals surface area (Å²) in [5.41, 5.74) is 2.00. The molecule has 138 valence electrons. The minimum absolute atomic E-state index is 0.00856. The topological polar surface area (TPSA) is 54.0 Å². The van der Waals surface area contributed by atoms with Crippen molar-refractivity contribution in [2.45, 2.75) is 25.8 Å². The molecular weight excluding hydrogens is 318 g/mol. The third kappa shape index (κ3) is 5.42. The van der Waals surface area contributed by atoms with Gasteiger partial charge in [0.2, 0.25) is 0 Å².